The Labute approximate surface area is 242 Å². The fraction of sp³-hybridized carbons (Fsp3) is 0.424. The lowest BCUT2D eigenvalue weighted by molar-refractivity contribution is -0.132. The van der Waals surface area contributed by atoms with E-state index in [9.17, 15) is 4.79 Å². The van der Waals surface area contributed by atoms with Gasteiger partial charge in [-0.1, -0.05) is 42.5 Å². The van der Waals surface area contributed by atoms with Crippen LogP contribution in [0.2, 0.25) is 0 Å². The number of fused-ring (bicyclic) bond motifs is 1. The zero-order chi connectivity index (χ0) is 28.8. The standard InChI is InChI=1S/C33H41N5O3/c1-23-29-9-4-5-10-30(29)38(16-7-17-40-2)32(23)26-8-6-15-37(22-26)31(39)19-28(34)18-24-11-13-25(14-12-24)27-20-35-33(41-3)36-21-27/h4-5,9-14,20-21,26,28H,6-8,15-19,22,34H2,1-3H3/t26?,28-/m1/s1. The van der Waals surface area contributed by atoms with Gasteiger partial charge in [-0.2, -0.15) is 0 Å². The van der Waals surface area contributed by atoms with E-state index >= 15 is 0 Å². The van der Waals surface area contributed by atoms with Crippen molar-refractivity contribution in [2.24, 2.45) is 5.73 Å². The van der Waals surface area contributed by atoms with Crippen molar-refractivity contribution in [2.45, 2.75) is 57.5 Å². The molecule has 216 valence electrons. The maximum Gasteiger partial charge on any atom is 0.316 e. The number of ether oxygens (including phenoxy) is 2. The van der Waals surface area contributed by atoms with Crippen LogP contribution in [0.5, 0.6) is 6.01 Å². The Kier molecular flexibility index (Phi) is 9.31. The van der Waals surface area contributed by atoms with E-state index in [1.54, 1.807) is 26.6 Å². The SMILES string of the molecule is COCCCn1c(C2CCCN(C(=O)C[C@H](N)Cc3ccc(-c4cnc(OC)nc4)cc3)C2)c(C)c2ccccc21. The fourth-order valence-electron chi connectivity index (χ4n) is 6.19. The summed E-state index contributed by atoms with van der Waals surface area (Å²) in [6.45, 7) is 5.41. The highest BCUT2D eigenvalue weighted by Crippen LogP contribution is 2.36. The lowest BCUT2D eigenvalue weighted by Crippen LogP contribution is -2.42. The number of hydrogen-bond donors (Lipinski definition) is 1. The van der Waals surface area contributed by atoms with E-state index in [4.69, 9.17) is 15.2 Å². The number of hydrogen-bond acceptors (Lipinski definition) is 6. The number of likely N-dealkylation sites (tertiary alicyclic amines) is 1. The van der Waals surface area contributed by atoms with E-state index in [1.165, 1.54) is 22.2 Å². The van der Waals surface area contributed by atoms with Gasteiger partial charge in [0.15, 0.2) is 0 Å². The van der Waals surface area contributed by atoms with Crippen molar-refractivity contribution < 1.29 is 14.3 Å². The number of aryl methyl sites for hydroxylation is 2. The van der Waals surface area contributed by atoms with Crippen molar-refractivity contribution in [1.82, 2.24) is 19.4 Å². The minimum atomic E-state index is -0.236. The van der Waals surface area contributed by atoms with Crippen molar-refractivity contribution in [3.63, 3.8) is 0 Å². The zero-order valence-corrected chi connectivity index (χ0v) is 24.4. The van der Waals surface area contributed by atoms with Gasteiger partial charge in [0.25, 0.3) is 0 Å². The predicted octanol–water partition coefficient (Wildman–Crippen LogP) is 5.12. The molecule has 2 N–H and O–H groups in total. The molecule has 4 aromatic rings. The average Bonchev–Trinajstić information content (AvgIpc) is 3.29. The first-order valence-electron chi connectivity index (χ1n) is 14.5. The monoisotopic (exact) mass is 555 g/mol. The number of aromatic nitrogens is 3. The molecule has 0 bridgehead atoms. The molecular formula is C33H41N5O3. The third kappa shape index (κ3) is 6.60. The number of amides is 1. The average molecular weight is 556 g/mol. The molecule has 3 heterocycles. The normalized spacial score (nSPS) is 16.2. The van der Waals surface area contributed by atoms with Crippen molar-refractivity contribution in [1.29, 1.82) is 0 Å². The van der Waals surface area contributed by atoms with Crippen molar-refractivity contribution in [3.8, 4) is 17.1 Å². The molecule has 1 saturated heterocycles. The smallest absolute Gasteiger partial charge is 0.316 e. The molecule has 0 radical (unpaired) electrons. The van der Waals surface area contributed by atoms with Gasteiger partial charge in [-0.3, -0.25) is 4.79 Å². The molecular weight excluding hydrogens is 514 g/mol. The van der Waals surface area contributed by atoms with Crippen molar-refractivity contribution in [3.05, 3.63) is 77.7 Å². The van der Waals surface area contributed by atoms with Crippen LogP contribution in [0.4, 0.5) is 0 Å². The summed E-state index contributed by atoms with van der Waals surface area (Å²) in [6.07, 6.45) is 7.53. The van der Waals surface area contributed by atoms with Crippen LogP contribution < -0.4 is 10.5 Å². The van der Waals surface area contributed by atoms with Gasteiger partial charge in [-0.05, 0) is 55.4 Å². The summed E-state index contributed by atoms with van der Waals surface area (Å²) in [5.41, 5.74) is 13.5. The minimum absolute atomic E-state index is 0.147. The van der Waals surface area contributed by atoms with Gasteiger partial charge in [0.2, 0.25) is 5.91 Å². The summed E-state index contributed by atoms with van der Waals surface area (Å²) in [5, 5.41) is 1.30. The molecule has 0 saturated carbocycles. The summed E-state index contributed by atoms with van der Waals surface area (Å²) in [5.74, 6) is 0.460. The number of para-hydroxylation sites is 1. The number of nitrogens with two attached hydrogens (primary N) is 1. The second-order valence-electron chi connectivity index (χ2n) is 11.0. The molecule has 0 spiro atoms. The molecule has 1 unspecified atom stereocenters. The number of rotatable bonds is 11. The van der Waals surface area contributed by atoms with Crippen molar-refractivity contribution >= 4 is 16.8 Å². The molecule has 2 aromatic heterocycles. The predicted molar refractivity (Wildman–Crippen MR) is 162 cm³/mol. The van der Waals surface area contributed by atoms with E-state index in [2.05, 4.69) is 57.9 Å². The Hall–Kier alpha value is -3.75. The highest BCUT2D eigenvalue weighted by Gasteiger charge is 2.29. The highest BCUT2D eigenvalue weighted by molar-refractivity contribution is 5.85. The van der Waals surface area contributed by atoms with Gasteiger partial charge in [0.1, 0.15) is 0 Å². The highest BCUT2D eigenvalue weighted by atomic mass is 16.5. The number of carbonyl (C=O) groups is 1. The largest absolute Gasteiger partial charge is 0.467 e. The number of carbonyl (C=O) groups excluding carboxylic acids is 1. The molecule has 1 aliphatic rings. The second-order valence-corrected chi connectivity index (χ2v) is 11.0. The van der Waals surface area contributed by atoms with Crippen LogP contribution in [0.1, 0.15) is 48.4 Å². The molecule has 1 amide bonds. The first kappa shape index (κ1) is 28.8. The van der Waals surface area contributed by atoms with Gasteiger partial charge in [0, 0.05) is 86.3 Å². The number of benzene rings is 2. The topological polar surface area (TPSA) is 95.5 Å². The maximum atomic E-state index is 13.4. The van der Waals surface area contributed by atoms with Crippen LogP contribution in [0.3, 0.4) is 0 Å². The molecule has 2 atom stereocenters. The number of nitrogens with zero attached hydrogens (tertiary/aromatic N) is 4. The van der Waals surface area contributed by atoms with Crippen molar-refractivity contribution in [2.75, 3.05) is 33.9 Å². The third-order valence-corrected chi connectivity index (χ3v) is 8.20. The van der Waals surface area contributed by atoms with Gasteiger partial charge in [-0.15, -0.1) is 0 Å². The quantitative estimate of drug-likeness (QED) is 0.258. The van der Waals surface area contributed by atoms with Crippen LogP contribution in [0.15, 0.2) is 60.9 Å². The van der Waals surface area contributed by atoms with E-state index in [-0.39, 0.29) is 11.9 Å². The number of piperidine rings is 1. The Morgan fingerprint density at radius 3 is 2.56 bits per heavy atom. The van der Waals surface area contributed by atoms with Crippen LogP contribution in [-0.2, 0) is 22.5 Å². The van der Waals surface area contributed by atoms with Crippen LogP contribution in [0, 0.1) is 6.92 Å². The first-order chi connectivity index (χ1) is 20.0. The first-order valence-corrected chi connectivity index (χ1v) is 14.5. The molecule has 8 heteroatoms. The molecule has 8 nitrogen and oxygen atoms in total. The van der Waals surface area contributed by atoms with Gasteiger partial charge < -0.3 is 24.7 Å². The Bertz CT molecular complexity index is 1450. The van der Waals surface area contributed by atoms with Crippen LogP contribution in [0.25, 0.3) is 22.0 Å². The second kappa shape index (κ2) is 13.3. The maximum absolute atomic E-state index is 13.4. The van der Waals surface area contributed by atoms with E-state index in [0.717, 1.165) is 62.2 Å². The van der Waals surface area contributed by atoms with E-state index < -0.39 is 0 Å². The van der Waals surface area contributed by atoms with Gasteiger partial charge in [0.05, 0.1) is 7.11 Å². The van der Waals surface area contributed by atoms with Gasteiger partial charge in [-0.25, -0.2) is 9.97 Å². The molecule has 41 heavy (non-hydrogen) atoms. The number of methoxy groups -OCH3 is 2. The van der Waals surface area contributed by atoms with Crippen LogP contribution >= 0.6 is 0 Å². The summed E-state index contributed by atoms with van der Waals surface area (Å²) in [4.78, 5) is 23.8. The molecule has 1 fully saturated rings. The third-order valence-electron chi connectivity index (χ3n) is 8.20. The lowest BCUT2D eigenvalue weighted by atomic mass is 9.91. The van der Waals surface area contributed by atoms with E-state index in [0.29, 0.717) is 24.8 Å². The van der Waals surface area contributed by atoms with E-state index in [1.807, 2.05) is 17.0 Å². The molecule has 5 rings (SSSR count). The molecule has 2 aromatic carbocycles. The van der Waals surface area contributed by atoms with Crippen LogP contribution in [-0.4, -0.2) is 65.3 Å². The Morgan fingerprint density at radius 1 is 1.07 bits per heavy atom. The summed E-state index contributed by atoms with van der Waals surface area (Å²) in [6, 6.07) is 17.0. The summed E-state index contributed by atoms with van der Waals surface area (Å²) in [7, 11) is 3.30. The molecule has 1 aliphatic heterocycles. The molecule has 0 aliphatic carbocycles. The summed E-state index contributed by atoms with van der Waals surface area (Å²) < 4.78 is 12.9. The Balaban J connectivity index is 1.22. The minimum Gasteiger partial charge on any atom is -0.467 e. The zero-order valence-electron chi connectivity index (χ0n) is 24.4. The lowest BCUT2D eigenvalue weighted by Gasteiger charge is -2.34. The van der Waals surface area contributed by atoms with Gasteiger partial charge >= 0.3 is 6.01 Å². The fourth-order valence-corrected chi connectivity index (χ4v) is 6.19. The summed E-state index contributed by atoms with van der Waals surface area (Å²) >= 11 is 0. The Morgan fingerprint density at radius 2 is 1.83 bits per heavy atom.